The van der Waals surface area contributed by atoms with Crippen molar-refractivity contribution >= 4 is 33.2 Å². The van der Waals surface area contributed by atoms with Gasteiger partial charge in [-0.25, -0.2) is 13.1 Å². The fourth-order valence-electron chi connectivity index (χ4n) is 6.14. The summed E-state index contributed by atoms with van der Waals surface area (Å²) in [6, 6.07) is 11.0. The van der Waals surface area contributed by atoms with E-state index in [-0.39, 0.29) is 11.5 Å². The summed E-state index contributed by atoms with van der Waals surface area (Å²) in [5.74, 6) is 0.472. The number of sulfonamides is 1. The molecule has 2 heterocycles. The average Bonchev–Trinajstić information content (AvgIpc) is 2.93. The number of ether oxygens (including phenoxy) is 1. The molecule has 2 N–H and O–H groups in total. The van der Waals surface area contributed by atoms with Crippen LogP contribution < -0.4 is 14.4 Å². The van der Waals surface area contributed by atoms with Gasteiger partial charge in [-0.05, 0) is 105 Å². The van der Waals surface area contributed by atoms with Crippen LogP contribution in [0.3, 0.4) is 0 Å². The second kappa shape index (κ2) is 12.5. The Morgan fingerprint density at radius 2 is 1.95 bits per heavy atom. The van der Waals surface area contributed by atoms with Crippen LogP contribution in [-0.4, -0.2) is 43.9 Å². The number of nitrogens with zero attached hydrogens (tertiary/aromatic N) is 1. The van der Waals surface area contributed by atoms with Gasteiger partial charge in [-0.1, -0.05) is 36.7 Å². The molecule has 0 saturated heterocycles. The fourth-order valence-corrected chi connectivity index (χ4v) is 7.77. The molecular weight excluding hydrogens is 548 g/mol. The van der Waals surface area contributed by atoms with Crippen LogP contribution in [0.2, 0.25) is 5.02 Å². The molecule has 1 fully saturated rings. The predicted molar refractivity (Wildman–Crippen MR) is 158 cm³/mol. The number of rotatable bonds is 1. The Morgan fingerprint density at radius 3 is 2.73 bits per heavy atom. The van der Waals surface area contributed by atoms with Crippen LogP contribution in [0.25, 0.3) is 0 Å². The molecule has 0 radical (unpaired) electrons. The Kier molecular flexibility index (Phi) is 9.08. The summed E-state index contributed by atoms with van der Waals surface area (Å²) in [7, 11) is -3.87. The zero-order valence-corrected chi connectivity index (χ0v) is 24.6. The number of allylic oxidation sites excluding steroid dienone is 1. The number of aryl methyl sites for hydroxylation is 1. The molecule has 1 amide bonds. The first-order valence-corrected chi connectivity index (χ1v) is 16.4. The zero-order chi connectivity index (χ0) is 28.3. The molecule has 40 heavy (non-hydrogen) atoms. The number of aliphatic hydroxyl groups excluding tert-OH is 1. The summed E-state index contributed by atoms with van der Waals surface area (Å²) >= 11 is 6.29. The van der Waals surface area contributed by atoms with Gasteiger partial charge in [0.2, 0.25) is 10.0 Å². The minimum atomic E-state index is -3.87. The third-order valence-electron chi connectivity index (χ3n) is 8.73. The molecule has 2 aromatic rings. The molecule has 0 spiro atoms. The minimum absolute atomic E-state index is 0.148. The molecule has 1 saturated carbocycles. The van der Waals surface area contributed by atoms with Crippen molar-refractivity contribution in [3.63, 3.8) is 0 Å². The molecule has 0 aromatic heterocycles. The highest BCUT2D eigenvalue weighted by atomic mass is 35.5. The summed E-state index contributed by atoms with van der Waals surface area (Å²) in [5, 5.41) is 11.0. The van der Waals surface area contributed by atoms with Crippen molar-refractivity contribution < 1.29 is 23.1 Å². The second-order valence-corrected chi connectivity index (χ2v) is 13.7. The van der Waals surface area contributed by atoms with Crippen molar-refractivity contribution in [1.29, 1.82) is 0 Å². The lowest BCUT2D eigenvalue weighted by molar-refractivity contribution is 0.0461. The number of carbonyl (C=O) groups excluding carboxylic acids is 1. The van der Waals surface area contributed by atoms with E-state index < -0.39 is 27.3 Å². The van der Waals surface area contributed by atoms with Gasteiger partial charge in [0.1, 0.15) is 12.4 Å². The van der Waals surface area contributed by atoms with Gasteiger partial charge in [-0.3, -0.25) is 4.79 Å². The first-order chi connectivity index (χ1) is 19.2. The molecule has 9 heteroatoms. The number of hydrogen-bond acceptors (Lipinski definition) is 6. The smallest absolute Gasteiger partial charge is 0.264 e. The average molecular weight is 587 g/mol. The van der Waals surface area contributed by atoms with E-state index in [2.05, 4.69) is 9.62 Å². The van der Waals surface area contributed by atoms with Gasteiger partial charge in [-0.2, -0.15) is 0 Å². The molecule has 4 atom stereocenters. The van der Waals surface area contributed by atoms with Crippen LogP contribution in [0.4, 0.5) is 5.69 Å². The summed E-state index contributed by atoms with van der Waals surface area (Å²) in [6.45, 7) is 3.65. The lowest BCUT2D eigenvalue weighted by atomic mass is 9.70. The topological polar surface area (TPSA) is 95.9 Å². The van der Waals surface area contributed by atoms with Crippen LogP contribution in [0.5, 0.6) is 5.75 Å². The molecule has 1 aliphatic carbocycles. The normalized spacial score (nSPS) is 28.0. The number of carbonyl (C=O) groups is 1. The van der Waals surface area contributed by atoms with Crippen molar-refractivity contribution in [3.05, 3.63) is 70.3 Å². The standard InChI is InChI=1S/C31H39ClN2O5S/c1-2-26-8-3-4-9-29(35)27-14-11-23(27)19-34-16-6-5-7-21-17-25(32)13-10-24(21)20-39-30-15-12-22(18-28(30)34)31(36)33-40(26,37)38/h4,9-10,12-13,15,17-18,23,26-27,29,35H,2-3,5-8,11,14,16,19-20H2,1H3,(H,33,36)/b9-4+/t23-,26-,27+,29-/m0/s1. The Labute approximate surface area is 242 Å². The highest BCUT2D eigenvalue weighted by molar-refractivity contribution is 7.90. The second-order valence-electron chi connectivity index (χ2n) is 11.3. The van der Waals surface area contributed by atoms with E-state index in [1.807, 2.05) is 37.3 Å². The van der Waals surface area contributed by atoms with Crippen molar-refractivity contribution in [2.24, 2.45) is 11.8 Å². The zero-order valence-electron chi connectivity index (χ0n) is 23.0. The summed E-state index contributed by atoms with van der Waals surface area (Å²) < 4.78 is 34.9. The first-order valence-electron chi connectivity index (χ1n) is 14.4. The van der Waals surface area contributed by atoms with Gasteiger partial charge in [0.05, 0.1) is 17.0 Å². The van der Waals surface area contributed by atoms with E-state index >= 15 is 0 Å². The maximum atomic E-state index is 13.3. The summed E-state index contributed by atoms with van der Waals surface area (Å²) in [5.41, 5.74) is 3.31. The van der Waals surface area contributed by atoms with Gasteiger partial charge in [0, 0.05) is 23.7 Å². The Bertz CT molecular complexity index is 1360. The van der Waals surface area contributed by atoms with Crippen LogP contribution in [0.15, 0.2) is 48.6 Å². The van der Waals surface area contributed by atoms with Crippen LogP contribution in [0, 0.1) is 11.8 Å². The minimum Gasteiger partial charge on any atom is -0.487 e. The van der Waals surface area contributed by atoms with Gasteiger partial charge in [0.25, 0.3) is 5.91 Å². The van der Waals surface area contributed by atoms with Crippen molar-refractivity contribution in [3.8, 4) is 5.75 Å². The van der Waals surface area contributed by atoms with Gasteiger partial charge in [-0.15, -0.1) is 0 Å². The number of amides is 1. The third kappa shape index (κ3) is 6.50. The maximum absolute atomic E-state index is 13.3. The van der Waals surface area contributed by atoms with Crippen LogP contribution >= 0.6 is 11.6 Å². The van der Waals surface area contributed by atoms with Crippen molar-refractivity contribution in [1.82, 2.24) is 4.72 Å². The molecule has 7 nitrogen and oxygen atoms in total. The van der Waals surface area contributed by atoms with Crippen molar-refractivity contribution in [2.75, 3.05) is 18.0 Å². The van der Waals surface area contributed by atoms with E-state index in [1.54, 1.807) is 18.2 Å². The first kappa shape index (κ1) is 29.0. The molecule has 3 aliphatic rings. The number of anilines is 1. The molecule has 2 aliphatic heterocycles. The lowest BCUT2D eigenvalue weighted by Crippen LogP contribution is -2.43. The molecule has 5 rings (SSSR count). The summed E-state index contributed by atoms with van der Waals surface area (Å²) in [6.07, 6.45) is 9.22. The number of hydrogen-bond donors (Lipinski definition) is 2. The third-order valence-corrected chi connectivity index (χ3v) is 10.9. The molecule has 0 unspecified atom stereocenters. The molecular formula is C31H39ClN2O5S. The SMILES string of the molecule is CC[C@H]1CC/C=C/[C@H](O)[C@@H]2CC[C@H]2CN2CCCCc3cc(Cl)ccc3COc3ccc(cc32)C(=O)NS1(=O)=O. The van der Waals surface area contributed by atoms with E-state index in [9.17, 15) is 18.3 Å². The van der Waals surface area contributed by atoms with E-state index in [0.29, 0.717) is 42.6 Å². The van der Waals surface area contributed by atoms with E-state index in [1.165, 1.54) is 5.56 Å². The van der Waals surface area contributed by atoms with Crippen LogP contribution in [-0.2, 0) is 23.1 Å². The summed E-state index contributed by atoms with van der Waals surface area (Å²) in [4.78, 5) is 15.5. The van der Waals surface area contributed by atoms with Crippen LogP contribution in [0.1, 0.15) is 73.4 Å². The Morgan fingerprint density at radius 1 is 1.10 bits per heavy atom. The Balaban J connectivity index is 1.53. The highest BCUT2D eigenvalue weighted by Crippen LogP contribution is 2.41. The monoisotopic (exact) mass is 586 g/mol. The molecule has 216 valence electrons. The lowest BCUT2D eigenvalue weighted by Gasteiger charge is -2.42. The van der Waals surface area contributed by atoms with Crippen molar-refractivity contribution in [2.45, 2.75) is 76.3 Å². The van der Waals surface area contributed by atoms with Gasteiger partial charge < -0.3 is 14.7 Å². The highest BCUT2D eigenvalue weighted by Gasteiger charge is 2.37. The number of halogens is 1. The predicted octanol–water partition coefficient (Wildman–Crippen LogP) is 5.64. The Hall–Kier alpha value is -2.55. The van der Waals surface area contributed by atoms with E-state index in [0.717, 1.165) is 56.4 Å². The fraction of sp³-hybridized carbons (Fsp3) is 0.516. The largest absolute Gasteiger partial charge is 0.487 e. The van der Waals surface area contributed by atoms with Gasteiger partial charge in [0.15, 0.2) is 0 Å². The number of nitrogens with one attached hydrogen (secondary N) is 1. The molecule has 2 bridgehead atoms. The number of aliphatic hydroxyl groups is 1. The quantitative estimate of drug-likeness (QED) is 0.420. The van der Waals surface area contributed by atoms with E-state index in [4.69, 9.17) is 16.3 Å². The number of fused-ring (bicyclic) bond motifs is 3. The van der Waals surface area contributed by atoms with Gasteiger partial charge >= 0.3 is 0 Å². The number of benzene rings is 2. The maximum Gasteiger partial charge on any atom is 0.264 e. The molecule has 2 aromatic carbocycles.